The lowest BCUT2D eigenvalue weighted by Crippen LogP contribution is -2.62. The molecule has 1 aromatic rings. The van der Waals surface area contributed by atoms with Crippen molar-refractivity contribution in [1.82, 2.24) is 10.6 Å². The molecule has 0 saturated carbocycles. The molecule has 4 N–H and O–H groups in total. The number of hydrogen-bond donors (Lipinski definition) is 4. The minimum absolute atomic E-state index is 0.0937. The highest BCUT2D eigenvalue weighted by Gasteiger charge is 2.38. The molecule has 5 atom stereocenters. The Morgan fingerprint density at radius 1 is 1.38 bits per heavy atom. The molecular formula is C19H29N3O4. The van der Waals surface area contributed by atoms with Gasteiger partial charge in [-0.1, -0.05) is 25.1 Å². The Balaban J connectivity index is 1.70. The number of ether oxygens (including phenoxy) is 1. The molecule has 26 heavy (non-hydrogen) atoms. The van der Waals surface area contributed by atoms with Gasteiger partial charge in [0.15, 0.2) is 0 Å². The first-order chi connectivity index (χ1) is 12.6. The smallest absolute Gasteiger partial charge is 0.244 e. The van der Waals surface area contributed by atoms with Gasteiger partial charge in [0.25, 0.3) is 0 Å². The minimum Gasteiger partial charge on any atom is -0.390 e. The number of carbonyl (C=O) groups is 1. The summed E-state index contributed by atoms with van der Waals surface area (Å²) in [6.45, 7) is 4.47. The first-order valence-corrected chi connectivity index (χ1v) is 9.42. The molecular weight excluding hydrogens is 334 g/mol. The number of aliphatic hydroxyl groups is 2. The number of aliphatic hydroxyl groups excluding tert-OH is 2. The van der Waals surface area contributed by atoms with E-state index in [4.69, 9.17) is 4.74 Å². The van der Waals surface area contributed by atoms with Gasteiger partial charge in [-0.25, -0.2) is 0 Å². The summed E-state index contributed by atoms with van der Waals surface area (Å²) in [5.41, 5.74) is 1.02. The second-order valence-electron chi connectivity index (χ2n) is 6.95. The van der Waals surface area contributed by atoms with Gasteiger partial charge in [-0.15, -0.1) is 0 Å². The zero-order valence-corrected chi connectivity index (χ0v) is 15.2. The molecule has 3 unspecified atom stereocenters. The minimum atomic E-state index is -0.983. The van der Waals surface area contributed by atoms with E-state index in [1.807, 2.05) is 37.3 Å². The number of amides is 1. The average molecular weight is 363 g/mol. The van der Waals surface area contributed by atoms with Crippen LogP contribution in [-0.2, 0) is 9.53 Å². The molecule has 3 rings (SSSR count). The van der Waals surface area contributed by atoms with E-state index < -0.39 is 18.3 Å². The SMILES string of the molecule is CCC(NC(=O)C1CNCCN1c1ccccc1)C1OCC[C@@H](O)[C@H]1O. The fourth-order valence-corrected chi connectivity index (χ4v) is 3.73. The molecule has 1 amide bonds. The van der Waals surface area contributed by atoms with E-state index in [0.717, 1.165) is 18.8 Å². The Kier molecular flexibility index (Phi) is 6.48. The number of anilines is 1. The monoisotopic (exact) mass is 363 g/mol. The van der Waals surface area contributed by atoms with Crippen LogP contribution in [0.15, 0.2) is 30.3 Å². The maximum absolute atomic E-state index is 13.0. The maximum Gasteiger partial charge on any atom is 0.244 e. The number of para-hydroxylation sites is 1. The van der Waals surface area contributed by atoms with Crippen LogP contribution in [0.1, 0.15) is 19.8 Å². The van der Waals surface area contributed by atoms with Gasteiger partial charge < -0.3 is 30.5 Å². The van der Waals surface area contributed by atoms with Crippen LogP contribution in [0.4, 0.5) is 5.69 Å². The Labute approximate surface area is 154 Å². The van der Waals surface area contributed by atoms with Crippen LogP contribution >= 0.6 is 0 Å². The summed E-state index contributed by atoms with van der Waals surface area (Å²) in [5.74, 6) is -0.0937. The van der Waals surface area contributed by atoms with E-state index in [2.05, 4.69) is 15.5 Å². The van der Waals surface area contributed by atoms with Crippen molar-refractivity contribution in [2.75, 3.05) is 31.1 Å². The second kappa shape index (κ2) is 8.81. The number of rotatable bonds is 5. The Hall–Kier alpha value is -1.67. The number of piperazine rings is 1. The van der Waals surface area contributed by atoms with Gasteiger partial charge in [0.05, 0.1) is 12.1 Å². The van der Waals surface area contributed by atoms with Gasteiger partial charge in [-0.05, 0) is 25.0 Å². The number of benzene rings is 1. The van der Waals surface area contributed by atoms with Crippen molar-refractivity contribution < 1.29 is 19.7 Å². The highest BCUT2D eigenvalue weighted by atomic mass is 16.5. The van der Waals surface area contributed by atoms with Crippen LogP contribution < -0.4 is 15.5 Å². The van der Waals surface area contributed by atoms with Gasteiger partial charge in [0.1, 0.15) is 18.2 Å². The van der Waals surface area contributed by atoms with E-state index in [1.54, 1.807) is 0 Å². The van der Waals surface area contributed by atoms with Crippen molar-refractivity contribution in [2.24, 2.45) is 0 Å². The highest BCUT2D eigenvalue weighted by molar-refractivity contribution is 5.86. The molecule has 2 heterocycles. The summed E-state index contributed by atoms with van der Waals surface area (Å²) in [6, 6.07) is 9.24. The normalized spacial score (nSPS) is 30.7. The summed E-state index contributed by atoms with van der Waals surface area (Å²) >= 11 is 0. The van der Waals surface area contributed by atoms with E-state index in [9.17, 15) is 15.0 Å². The molecule has 2 fully saturated rings. The molecule has 0 spiro atoms. The van der Waals surface area contributed by atoms with Crippen molar-refractivity contribution >= 4 is 11.6 Å². The highest BCUT2D eigenvalue weighted by Crippen LogP contribution is 2.21. The van der Waals surface area contributed by atoms with E-state index in [0.29, 0.717) is 26.0 Å². The standard InChI is InChI=1S/C19H29N3O4/c1-2-14(18-17(24)16(23)8-11-26-18)21-19(25)15-12-20-9-10-22(15)13-6-4-3-5-7-13/h3-7,14-18,20,23-24H,2,8-12H2,1H3,(H,21,25)/t14?,15?,16-,17-,18?/m1/s1. The lowest BCUT2D eigenvalue weighted by atomic mass is 9.94. The summed E-state index contributed by atoms with van der Waals surface area (Å²) < 4.78 is 5.66. The third-order valence-corrected chi connectivity index (χ3v) is 5.25. The van der Waals surface area contributed by atoms with Gasteiger partial charge in [-0.3, -0.25) is 4.79 Å². The van der Waals surface area contributed by atoms with Gasteiger partial charge in [0, 0.05) is 31.9 Å². The maximum atomic E-state index is 13.0. The topological polar surface area (TPSA) is 94.1 Å². The summed E-state index contributed by atoms with van der Waals surface area (Å²) in [4.78, 5) is 15.1. The Morgan fingerprint density at radius 2 is 2.15 bits per heavy atom. The number of nitrogens with one attached hydrogen (secondary N) is 2. The first-order valence-electron chi connectivity index (χ1n) is 9.42. The molecule has 7 nitrogen and oxygen atoms in total. The Bertz CT molecular complexity index is 585. The molecule has 0 bridgehead atoms. The van der Waals surface area contributed by atoms with Crippen molar-refractivity contribution in [3.05, 3.63) is 30.3 Å². The summed E-state index contributed by atoms with van der Waals surface area (Å²) in [7, 11) is 0. The van der Waals surface area contributed by atoms with E-state index in [1.165, 1.54) is 0 Å². The van der Waals surface area contributed by atoms with E-state index >= 15 is 0 Å². The Morgan fingerprint density at radius 3 is 2.88 bits per heavy atom. The van der Waals surface area contributed by atoms with Crippen molar-refractivity contribution in [1.29, 1.82) is 0 Å². The third-order valence-electron chi connectivity index (χ3n) is 5.25. The van der Waals surface area contributed by atoms with Crippen LogP contribution in [0.25, 0.3) is 0 Å². The quantitative estimate of drug-likeness (QED) is 0.582. The third kappa shape index (κ3) is 4.17. The summed E-state index contributed by atoms with van der Waals surface area (Å²) in [5, 5.41) is 26.5. The lowest BCUT2D eigenvalue weighted by Gasteiger charge is -2.40. The number of nitrogens with zero attached hydrogens (tertiary/aromatic N) is 1. The molecule has 2 aliphatic heterocycles. The second-order valence-corrected chi connectivity index (χ2v) is 6.95. The van der Waals surface area contributed by atoms with Crippen molar-refractivity contribution in [2.45, 2.75) is 50.2 Å². The first kappa shape index (κ1) is 19.1. The predicted octanol–water partition coefficient (Wildman–Crippen LogP) is -0.130. The van der Waals surface area contributed by atoms with Gasteiger partial charge in [-0.2, -0.15) is 0 Å². The molecule has 144 valence electrons. The molecule has 0 radical (unpaired) electrons. The van der Waals surface area contributed by atoms with Crippen molar-refractivity contribution in [3.8, 4) is 0 Å². The van der Waals surface area contributed by atoms with Crippen LogP contribution in [0.5, 0.6) is 0 Å². The fourth-order valence-electron chi connectivity index (χ4n) is 3.73. The van der Waals surface area contributed by atoms with Crippen LogP contribution in [0, 0.1) is 0 Å². The zero-order valence-electron chi connectivity index (χ0n) is 15.2. The number of hydrogen-bond acceptors (Lipinski definition) is 6. The molecule has 0 aliphatic carbocycles. The average Bonchev–Trinajstić information content (AvgIpc) is 2.69. The van der Waals surface area contributed by atoms with Gasteiger partial charge >= 0.3 is 0 Å². The molecule has 1 aromatic carbocycles. The lowest BCUT2D eigenvalue weighted by molar-refractivity contribution is -0.150. The largest absolute Gasteiger partial charge is 0.390 e. The predicted molar refractivity (Wildman–Crippen MR) is 99.0 cm³/mol. The zero-order chi connectivity index (χ0) is 18.5. The van der Waals surface area contributed by atoms with Crippen molar-refractivity contribution in [3.63, 3.8) is 0 Å². The summed E-state index contributed by atoms with van der Waals surface area (Å²) in [6.07, 6.45) is -1.35. The fraction of sp³-hybridized carbons (Fsp3) is 0.632. The van der Waals surface area contributed by atoms with E-state index in [-0.39, 0.29) is 18.0 Å². The number of carbonyl (C=O) groups excluding carboxylic acids is 1. The molecule has 7 heteroatoms. The van der Waals surface area contributed by atoms with Crippen LogP contribution in [0.2, 0.25) is 0 Å². The molecule has 0 aromatic heterocycles. The molecule has 2 aliphatic rings. The van der Waals surface area contributed by atoms with Gasteiger partial charge in [0.2, 0.25) is 5.91 Å². The molecule has 2 saturated heterocycles. The van der Waals surface area contributed by atoms with Crippen LogP contribution in [0.3, 0.4) is 0 Å². The van der Waals surface area contributed by atoms with Crippen LogP contribution in [-0.4, -0.2) is 72.8 Å².